The van der Waals surface area contributed by atoms with Crippen LogP contribution in [0.15, 0.2) is 4.99 Å². The van der Waals surface area contributed by atoms with Gasteiger partial charge in [-0.3, -0.25) is 4.99 Å². The van der Waals surface area contributed by atoms with Crippen LogP contribution in [0.3, 0.4) is 0 Å². The number of nitrogens with one attached hydrogen (secondary N) is 2. The van der Waals surface area contributed by atoms with Gasteiger partial charge in [0.25, 0.3) is 0 Å². The Morgan fingerprint density at radius 3 is 2.57 bits per heavy atom. The summed E-state index contributed by atoms with van der Waals surface area (Å²) in [6.07, 6.45) is 3.11. The van der Waals surface area contributed by atoms with Crippen LogP contribution < -0.4 is 10.6 Å². The number of alkyl carbamates (subject to hydrolysis) is 1. The lowest BCUT2D eigenvalue weighted by Gasteiger charge is -2.33. The van der Waals surface area contributed by atoms with Crippen molar-refractivity contribution in [3.05, 3.63) is 0 Å². The molecule has 8 heteroatoms. The van der Waals surface area contributed by atoms with E-state index in [9.17, 15) is 4.79 Å². The highest BCUT2D eigenvalue weighted by Crippen LogP contribution is 2.18. The van der Waals surface area contributed by atoms with Crippen molar-refractivity contribution in [3.63, 3.8) is 0 Å². The molecule has 0 radical (unpaired) electrons. The first kappa shape index (κ1) is 27.3. The van der Waals surface area contributed by atoms with Crippen LogP contribution >= 0.6 is 24.0 Å². The molecule has 0 aromatic carbocycles. The van der Waals surface area contributed by atoms with Crippen LogP contribution in [-0.4, -0.2) is 79.3 Å². The van der Waals surface area contributed by atoms with Gasteiger partial charge in [-0.15, -0.1) is 24.0 Å². The zero-order valence-electron chi connectivity index (χ0n) is 19.9. The number of carbonyl (C=O) groups is 1. The van der Waals surface area contributed by atoms with Crippen molar-refractivity contribution < 1.29 is 9.53 Å². The molecule has 2 N–H and O–H groups in total. The quantitative estimate of drug-likeness (QED) is 0.308. The number of nitrogens with zero attached hydrogens (tertiary/aromatic N) is 3. The maximum Gasteiger partial charge on any atom is 0.407 e. The van der Waals surface area contributed by atoms with Gasteiger partial charge in [0.1, 0.15) is 5.60 Å². The van der Waals surface area contributed by atoms with Gasteiger partial charge in [-0.25, -0.2) is 4.79 Å². The topological polar surface area (TPSA) is 69.2 Å². The first-order chi connectivity index (χ1) is 13.7. The lowest BCUT2D eigenvalue weighted by atomic mass is 9.97. The highest BCUT2D eigenvalue weighted by molar-refractivity contribution is 14.0. The van der Waals surface area contributed by atoms with Crippen LogP contribution in [0, 0.1) is 11.8 Å². The van der Waals surface area contributed by atoms with Gasteiger partial charge in [-0.1, -0.05) is 13.8 Å². The maximum atomic E-state index is 12.1. The molecule has 0 aromatic heterocycles. The lowest BCUT2D eigenvalue weighted by molar-refractivity contribution is 0.0507. The van der Waals surface area contributed by atoms with E-state index in [1.165, 1.54) is 25.9 Å². The highest BCUT2D eigenvalue weighted by Gasteiger charge is 2.28. The number of ether oxygens (including phenoxy) is 1. The number of piperidine rings is 1. The molecule has 2 fully saturated rings. The molecule has 2 atom stereocenters. The molecule has 1 amide bonds. The lowest BCUT2D eigenvalue weighted by Crippen LogP contribution is -2.44. The zero-order valence-corrected chi connectivity index (χ0v) is 22.2. The smallest absolute Gasteiger partial charge is 0.407 e. The standard InChI is InChI=1S/C22H43N5O2.HI/c1-7-23-20(24-13-18-9-8-11-26(15-18)14-17(2)3)27-12-10-19(16-27)25-21(28)29-22(4,5)6;/h17-19H,7-16H2,1-6H3,(H,23,24)(H,25,28);1H. The Labute approximate surface area is 200 Å². The van der Waals surface area contributed by atoms with Gasteiger partial charge < -0.3 is 25.2 Å². The van der Waals surface area contributed by atoms with Gasteiger partial charge in [0.2, 0.25) is 0 Å². The van der Waals surface area contributed by atoms with Crippen molar-refractivity contribution in [2.45, 2.75) is 72.4 Å². The molecular weight excluding hydrogens is 493 g/mol. The Balaban J connectivity index is 0.00000450. The second kappa shape index (κ2) is 12.9. The average Bonchev–Trinajstić information content (AvgIpc) is 3.04. The first-order valence-corrected chi connectivity index (χ1v) is 11.4. The molecule has 0 spiro atoms. The van der Waals surface area contributed by atoms with E-state index in [-0.39, 0.29) is 36.1 Å². The van der Waals surface area contributed by atoms with Crippen molar-refractivity contribution in [1.29, 1.82) is 0 Å². The molecule has 2 saturated heterocycles. The Kier molecular flexibility index (Phi) is 11.8. The average molecular weight is 538 g/mol. The minimum absolute atomic E-state index is 0. The fourth-order valence-electron chi connectivity index (χ4n) is 4.17. The monoisotopic (exact) mass is 537 g/mol. The summed E-state index contributed by atoms with van der Waals surface area (Å²) >= 11 is 0. The number of hydrogen-bond donors (Lipinski definition) is 2. The van der Waals surface area contributed by atoms with Crippen LogP contribution in [0.2, 0.25) is 0 Å². The molecule has 7 nitrogen and oxygen atoms in total. The summed E-state index contributed by atoms with van der Waals surface area (Å²) in [7, 11) is 0. The molecule has 30 heavy (non-hydrogen) atoms. The summed E-state index contributed by atoms with van der Waals surface area (Å²) in [5.41, 5.74) is -0.470. The van der Waals surface area contributed by atoms with E-state index in [0.717, 1.165) is 45.1 Å². The van der Waals surface area contributed by atoms with E-state index in [1.807, 2.05) is 20.8 Å². The van der Waals surface area contributed by atoms with Crippen molar-refractivity contribution in [2.24, 2.45) is 16.8 Å². The minimum Gasteiger partial charge on any atom is -0.444 e. The van der Waals surface area contributed by atoms with E-state index >= 15 is 0 Å². The van der Waals surface area contributed by atoms with Crippen molar-refractivity contribution in [2.75, 3.05) is 45.8 Å². The van der Waals surface area contributed by atoms with E-state index in [0.29, 0.717) is 11.8 Å². The van der Waals surface area contributed by atoms with Gasteiger partial charge in [0, 0.05) is 39.3 Å². The van der Waals surface area contributed by atoms with E-state index < -0.39 is 5.60 Å². The van der Waals surface area contributed by atoms with Crippen LogP contribution in [0.1, 0.15) is 60.8 Å². The number of carbonyl (C=O) groups excluding carboxylic acids is 1. The predicted molar refractivity (Wildman–Crippen MR) is 135 cm³/mol. The Morgan fingerprint density at radius 1 is 1.20 bits per heavy atom. The SMILES string of the molecule is CCNC(=NCC1CCCN(CC(C)C)C1)N1CCC(NC(=O)OC(C)(C)C)C1.I. The molecule has 176 valence electrons. The number of guanidine groups is 1. The predicted octanol–water partition coefficient (Wildman–Crippen LogP) is 3.54. The third kappa shape index (κ3) is 10.0. The minimum atomic E-state index is -0.470. The van der Waals surface area contributed by atoms with Crippen molar-refractivity contribution >= 4 is 36.0 Å². The summed E-state index contributed by atoms with van der Waals surface area (Å²) in [6, 6.07) is 0.102. The van der Waals surface area contributed by atoms with Gasteiger partial charge >= 0.3 is 6.09 Å². The number of hydrogen-bond acceptors (Lipinski definition) is 4. The fourth-order valence-corrected chi connectivity index (χ4v) is 4.17. The summed E-state index contributed by atoms with van der Waals surface area (Å²) in [4.78, 5) is 21.9. The summed E-state index contributed by atoms with van der Waals surface area (Å²) in [5.74, 6) is 2.32. The number of aliphatic imine (C=N–C) groups is 1. The van der Waals surface area contributed by atoms with E-state index in [4.69, 9.17) is 9.73 Å². The van der Waals surface area contributed by atoms with Gasteiger partial charge in [0.05, 0.1) is 6.04 Å². The van der Waals surface area contributed by atoms with Crippen LogP contribution in [0.5, 0.6) is 0 Å². The number of amides is 1. The fraction of sp³-hybridized carbons (Fsp3) is 0.909. The summed E-state index contributed by atoms with van der Waals surface area (Å²) < 4.78 is 5.39. The van der Waals surface area contributed by atoms with Crippen LogP contribution in [0.4, 0.5) is 4.79 Å². The number of likely N-dealkylation sites (tertiary alicyclic amines) is 2. The Hall–Kier alpha value is -0.770. The number of halogens is 1. The van der Waals surface area contributed by atoms with Crippen LogP contribution in [-0.2, 0) is 4.74 Å². The Morgan fingerprint density at radius 2 is 1.93 bits per heavy atom. The molecule has 0 bridgehead atoms. The second-order valence-electron chi connectivity index (χ2n) is 9.93. The van der Waals surface area contributed by atoms with Gasteiger partial charge in [-0.05, 0) is 65.3 Å². The molecule has 0 aliphatic carbocycles. The van der Waals surface area contributed by atoms with Gasteiger partial charge in [0.15, 0.2) is 5.96 Å². The van der Waals surface area contributed by atoms with Crippen molar-refractivity contribution in [1.82, 2.24) is 20.4 Å². The van der Waals surface area contributed by atoms with Gasteiger partial charge in [-0.2, -0.15) is 0 Å². The summed E-state index contributed by atoms with van der Waals surface area (Å²) in [6.45, 7) is 19.3. The molecule has 2 aliphatic heterocycles. The molecule has 0 saturated carbocycles. The number of rotatable bonds is 6. The highest BCUT2D eigenvalue weighted by atomic mass is 127. The summed E-state index contributed by atoms with van der Waals surface area (Å²) in [5, 5.41) is 6.44. The van der Waals surface area contributed by atoms with E-state index in [2.05, 4.69) is 41.2 Å². The third-order valence-corrected chi connectivity index (χ3v) is 5.27. The largest absolute Gasteiger partial charge is 0.444 e. The first-order valence-electron chi connectivity index (χ1n) is 11.4. The maximum absolute atomic E-state index is 12.1. The zero-order chi connectivity index (χ0) is 21.4. The molecule has 2 aliphatic rings. The van der Waals surface area contributed by atoms with E-state index in [1.54, 1.807) is 0 Å². The molecule has 2 heterocycles. The molecular formula is C22H44IN5O2. The van der Waals surface area contributed by atoms with Crippen LogP contribution in [0.25, 0.3) is 0 Å². The third-order valence-electron chi connectivity index (χ3n) is 5.27. The molecule has 2 unspecified atom stereocenters. The molecule has 0 aromatic rings. The second-order valence-corrected chi connectivity index (χ2v) is 9.93. The Bertz CT molecular complexity index is 550. The normalized spacial score (nSPS) is 23.3. The molecule has 2 rings (SSSR count). The van der Waals surface area contributed by atoms with Crippen molar-refractivity contribution in [3.8, 4) is 0 Å².